The number of nitrogens with zero attached hydrogens (tertiary/aromatic N) is 1. The van der Waals surface area contributed by atoms with Gasteiger partial charge in [0.15, 0.2) is 5.82 Å². The van der Waals surface area contributed by atoms with Crippen molar-refractivity contribution in [2.75, 3.05) is 5.32 Å². The zero-order valence-electron chi connectivity index (χ0n) is 8.67. The summed E-state index contributed by atoms with van der Waals surface area (Å²) in [6.45, 7) is 0. The summed E-state index contributed by atoms with van der Waals surface area (Å²) in [5.74, 6) is 0.419. The number of H-pyrrole nitrogens is 1. The molecule has 2 N–H and O–H groups in total. The molecule has 1 fully saturated rings. The molecule has 2 atom stereocenters. The Labute approximate surface area is 103 Å². The van der Waals surface area contributed by atoms with Gasteiger partial charge in [-0.15, -0.1) is 11.6 Å². The Morgan fingerprint density at radius 3 is 2.94 bits per heavy atom. The minimum atomic E-state index is -0.332. The van der Waals surface area contributed by atoms with Crippen LogP contribution in [-0.2, 0) is 0 Å². The molecule has 0 bridgehead atoms. The predicted molar refractivity (Wildman–Crippen MR) is 65.4 cm³/mol. The highest BCUT2D eigenvalue weighted by atomic mass is 35.5. The third kappa shape index (κ3) is 2.50. The molecule has 16 heavy (non-hydrogen) atoms. The van der Waals surface area contributed by atoms with E-state index in [1.165, 1.54) is 6.33 Å². The summed E-state index contributed by atoms with van der Waals surface area (Å²) in [4.78, 5) is 17.7. The van der Waals surface area contributed by atoms with Crippen molar-refractivity contribution in [3.63, 3.8) is 0 Å². The third-order valence-electron chi connectivity index (χ3n) is 2.80. The second kappa shape index (κ2) is 5.06. The predicted octanol–water partition coefficient (Wildman–Crippen LogP) is 2.39. The van der Waals surface area contributed by atoms with Gasteiger partial charge in [0.05, 0.1) is 11.7 Å². The molecule has 0 aromatic carbocycles. The number of alkyl halides is 1. The molecule has 1 aromatic rings. The Hall–Kier alpha value is -0.740. The molecule has 1 aliphatic rings. The van der Waals surface area contributed by atoms with Gasteiger partial charge in [0, 0.05) is 6.04 Å². The quantitative estimate of drug-likeness (QED) is 0.804. The van der Waals surface area contributed by atoms with Crippen molar-refractivity contribution in [3.05, 3.63) is 21.7 Å². The van der Waals surface area contributed by atoms with E-state index in [1.807, 2.05) is 0 Å². The van der Waals surface area contributed by atoms with Gasteiger partial charge in [0.25, 0.3) is 5.56 Å². The number of halogens is 2. The van der Waals surface area contributed by atoms with Crippen LogP contribution in [0.3, 0.4) is 0 Å². The summed E-state index contributed by atoms with van der Waals surface area (Å²) in [5, 5.41) is 3.31. The Kier molecular flexibility index (Phi) is 3.71. The molecule has 1 heterocycles. The third-order valence-corrected chi connectivity index (χ3v) is 3.67. The molecule has 88 valence electrons. The van der Waals surface area contributed by atoms with Gasteiger partial charge in [-0.1, -0.05) is 24.4 Å². The zero-order valence-corrected chi connectivity index (χ0v) is 10.2. The van der Waals surface area contributed by atoms with Crippen LogP contribution in [0.2, 0.25) is 5.02 Å². The van der Waals surface area contributed by atoms with Crippen LogP contribution in [0.1, 0.15) is 25.7 Å². The van der Waals surface area contributed by atoms with Crippen LogP contribution in [-0.4, -0.2) is 21.4 Å². The van der Waals surface area contributed by atoms with E-state index in [0.717, 1.165) is 25.7 Å². The Morgan fingerprint density at radius 2 is 2.19 bits per heavy atom. The Balaban J connectivity index is 2.14. The molecular formula is C10H13Cl2N3O. The lowest BCUT2D eigenvalue weighted by atomic mass is 9.95. The van der Waals surface area contributed by atoms with Gasteiger partial charge >= 0.3 is 0 Å². The molecule has 0 amide bonds. The molecule has 0 aliphatic heterocycles. The highest BCUT2D eigenvalue weighted by Gasteiger charge is 2.24. The largest absolute Gasteiger partial charge is 0.364 e. The lowest BCUT2D eigenvalue weighted by Gasteiger charge is -2.28. The molecule has 4 nitrogen and oxygen atoms in total. The van der Waals surface area contributed by atoms with Crippen LogP contribution in [0.15, 0.2) is 11.1 Å². The maximum absolute atomic E-state index is 11.3. The first-order valence-corrected chi connectivity index (χ1v) is 6.13. The minimum absolute atomic E-state index is 0.0749. The SMILES string of the molecule is O=c1[nH]cnc(NC2CCCCC2Cl)c1Cl. The van der Waals surface area contributed by atoms with E-state index in [-0.39, 0.29) is 22.0 Å². The maximum atomic E-state index is 11.3. The number of aromatic nitrogens is 2. The fraction of sp³-hybridized carbons (Fsp3) is 0.600. The topological polar surface area (TPSA) is 57.8 Å². The average molecular weight is 262 g/mol. The summed E-state index contributed by atoms with van der Waals surface area (Å²) < 4.78 is 0. The first-order chi connectivity index (χ1) is 7.68. The highest BCUT2D eigenvalue weighted by molar-refractivity contribution is 6.32. The smallest absolute Gasteiger partial charge is 0.271 e. The van der Waals surface area contributed by atoms with E-state index in [0.29, 0.717) is 5.82 Å². The van der Waals surface area contributed by atoms with E-state index in [9.17, 15) is 4.79 Å². The molecule has 1 aliphatic carbocycles. The normalized spacial score (nSPS) is 25.4. The molecule has 0 spiro atoms. The summed E-state index contributed by atoms with van der Waals surface area (Å²) in [6.07, 6.45) is 5.60. The maximum Gasteiger partial charge on any atom is 0.271 e. The molecule has 0 radical (unpaired) electrons. The lowest BCUT2D eigenvalue weighted by Crippen LogP contribution is -2.33. The highest BCUT2D eigenvalue weighted by Crippen LogP contribution is 2.26. The first-order valence-electron chi connectivity index (χ1n) is 5.32. The van der Waals surface area contributed by atoms with Crippen molar-refractivity contribution in [1.82, 2.24) is 9.97 Å². The molecule has 2 rings (SSSR count). The number of rotatable bonds is 2. The van der Waals surface area contributed by atoms with Crippen LogP contribution in [0.25, 0.3) is 0 Å². The van der Waals surface area contributed by atoms with Crippen molar-refractivity contribution < 1.29 is 0 Å². The van der Waals surface area contributed by atoms with Gasteiger partial charge in [-0.05, 0) is 12.8 Å². The summed E-state index contributed by atoms with van der Waals surface area (Å²) in [5.41, 5.74) is -0.332. The number of hydrogen-bond donors (Lipinski definition) is 2. The van der Waals surface area contributed by atoms with E-state index in [4.69, 9.17) is 23.2 Å². The van der Waals surface area contributed by atoms with Crippen molar-refractivity contribution in [2.24, 2.45) is 0 Å². The molecule has 2 unspecified atom stereocenters. The lowest BCUT2D eigenvalue weighted by molar-refractivity contribution is 0.468. The van der Waals surface area contributed by atoms with Crippen LogP contribution >= 0.6 is 23.2 Å². The monoisotopic (exact) mass is 261 g/mol. The van der Waals surface area contributed by atoms with Crippen LogP contribution < -0.4 is 10.9 Å². The number of aromatic amines is 1. The van der Waals surface area contributed by atoms with Crippen LogP contribution in [0.5, 0.6) is 0 Å². The van der Waals surface area contributed by atoms with Crippen LogP contribution in [0.4, 0.5) is 5.82 Å². The Morgan fingerprint density at radius 1 is 1.44 bits per heavy atom. The molecule has 6 heteroatoms. The first kappa shape index (κ1) is 11.7. The van der Waals surface area contributed by atoms with E-state index >= 15 is 0 Å². The summed E-state index contributed by atoms with van der Waals surface area (Å²) in [7, 11) is 0. The van der Waals surface area contributed by atoms with Crippen molar-refractivity contribution in [2.45, 2.75) is 37.1 Å². The molecule has 0 saturated heterocycles. The number of hydrogen-bond acceptors (Lipinski definition) is 3. The average Bonchev–Trinajstić information content (AvgIpc) is 2.28. The van der Waals surface area contributed by atoms with Crippen molar-refractivity contribution in [1.29, 1.82) is 0 Å². The molecular weight excluding hydrogens is 249 g/mol. The van der Waals surface area contributed by atoms with Crippen LogP contribution in [0, 0.1) is 0 Å². The second-order valence-electron chi connectivity index (χ2n) is 3.95. The van der Waals surface area contributed by atoms with Gasteiger partial charge < -0.3 is 10.3 Å². The summed E-state index contributed by atoms with van der Waals surface area (Å²) >= 11 is 12.1. The Bertz CT molecular complexity index is 421. The second-order valence-corrected chi connectivity index (χ2v) is 4.88. The molecule has 1 aromatic heterocycles. The standard InChI is InChI=1S/C10H13Cl2N3O/c11-6-3-1-2-4-7(6)15-9-8(12)10(16)14-5-13-9/h5-7H,1-4H2,(H2,13,14,15,16). The van der Waals surface area contributed by atoms with Gasteiger partial charge in [-0.25, -0.2) is 4.98 Å². The summed E-state index contributed by atoms with van der Waals surface area (Å²) in [6, 6.07) is 0.141. The van der Waals surface area contributed by atoms with E-state index < -0.39 is 0 Å². The molecule has 1 saturated carbocycles. The number of nitrogens with one attached hydrogen (secondary N) is 2. The minimum Gasteiger partial charge on any atom is -0.364 e. The van der Waals surface area contributed by atoms with Gasteiger partial charge in [-0.2, -0.15) is 0 Å². The van der Waals surface area contributed by atoms with Gasteiger partial charge in [0.2, 0.25) is 0 Å². The van der Waals surface area contributed by atoms with Crippen molar-refractivity contribution >= 4 is 29.0 Å². The zero-order chi connectivity index (χ0) is 11.5. The van der Waals surface area contributed by atoms with E-state index in [2.05, 4.69) is 15.3 Å². The van der Waals surface area contributed by atoms with Gasteiger partial charge in [0.1, 0.15) is 5.02 Å². The van der Waals surface area contributed by atoms with Crippen molar-refractivity contribution in [3.8, 4) is 0 Å². The fourth-order valence-corrected chi connectivity index (χ4v) is 2.41. The van der Waals surface area contributed by atoms with Gasteiger partial charge in [-0.3, -0.25) is 4.79 Å². The van der Waals surface area contributed by atoms with E-state index in [1.54, 1.807) is 0 Å². The number of anilines is 1. The fourth-order valence-electron chi connectivity index (χ4n) is 1.91.